The first-order valence-corrected chi connectivity index (χ1v) is 9.80. The van der Waals surface area contributed by atoms with E-state index in [1.165, 1.54) is 0 Å². The third kappa shape index (κ3) is 6.71. The summed E-state index contributed by atoms with van der Waals surface area (Å²) in [6, 6.07) is 13.0. The van der Waals surface area contributed by atoms with Crippen molar-refractivity contribution in [1.82, 2.24) is 20.7 Å². The fraction of sp³-hybridized carbons (Fsp3) is 0.524. The van der Waals surface area contributed by atoms with Gasteiger partial charge in [-0.25, -0.2) is 4.99 Å². The van der Waals surface area contributed by atoms with Gasteiger partial charge in [0.25, 0.3) is 0 Å². The second-order valence-electron chi connectivity index (χ2n) is 7.10. The molecule has 27 heavy (non-hydrogen) atoms. The lowest BCUT2D eigenvalue weighted by Crippen LogP contribution is -2.45. The zero-order valence-corrected chi connectivity index (χ0v) is 17.2. The van der Waals surface area contributed by atoms with Crippen molar-refractivity contribution in [3.05, 3.63) is 42.1 Å². The van der Waals surface area contributed by atoms with Crippen molar-refractivity contribution in [1.29, 1.82) is 0 Å². The van der Waals surface area contributed by atoms with Crippen LogP contribution in [-0.4, -0.2) is 47.7 Å². The lowest BCUT2D eigenvalue weighted by molar-refractivity contribution is 0.178. The van der Waals surface area contributed by atoms with Gasteiger partial charge in [-0.15, -0.1) is 0 Å². The molecule has 0 aliphatic heterocycles. The molecular formula is C21H33N5O. The lowest BCUT2D eigenvalue weighted by Gasteiger charge is -2.30. The van der Waals surface area contributed by atoms with Crippen LogP contribution < -0.4 is 10.6 Å². The predicted molar refractivity (Wildman–Crippen MR) is 112 cm³/mol. The fourth-order valence-corrected chi connectivity index (χ4v) is 3.04. The molecule has 0 fully saturated rings. The van der Waals surface area contributed by atoms with Crippen molar-refractivity contribution >= 4 is 5.96 Å². The van der Waals surface area contributed by atoms with Gasteiger partial charge < -0.3 is 15.2 Å². The fourth-order valence-electron chi connectivity index (χ4n) is 3.04. The Labute approximate surface area is 163 Å². The second-order valence-corrected chi connectivity index (χ2v) is 7.10. The first-order chi connectivity index (χ1) is 13.0. The lowest BCUT2D eigenvalue weighted by atomic mass is 10.2. The second kappa shape index (κ2) is 10.7. The van der Waals surface area contributed by atoms with Crippen molar-refractivity contribution in [2.45, 2.75) is 53.2 Å². The van der Waals surface area contributed by atoms with Gasteiger partial charge in [0.15, 0.2) is 11.7 Å². The number of nitrogens with zero attached hydrogens (tertiary/aromatic N) is 3. The van der Waals surface area contributed by atoms with E-state index in [0.29, 0.717) is 18.6 Å². The third-order valence-electron chi connectivity index (χ3n) is 4.35. The van der Waals surface area contributed by atoms with E-state index >= 15 is 0 Å². The number of aromatic nitrogens is 1. The van der Waals surface area contributed by atoms with Gasteiger partial charge in [0, 0.05) is 43.3 Å². The molecule has 0 bridgehead atoms. The highest BCUT2D eigenvalue weighted by molar-refractivity contribution is 5.79. The van der Waals surface area contributed by atoms with E-state index in [-0.39, 0.29) is 0 Å². The maximum Gasteiger partial charge on any atom is 0.191 e. The van der Waals surface area contributed by atoms with Crippen LogP contribution in [0.3, 0.4) is 0 Å². The Balaban J connectivity index is 1.92. The van der Waals surface area contributed by atoms with Gasteiger partial charge in [0.1, 0.15) is 5.69 Å². The highest BCUT2D eigenvalue weighted by Crippen LogP contribution is 2.19. The van der Waals surface area contributed by atoms with Gasteiger partial charge in [-0.1, -0.05) is 35.5 Å². The molecule has 2 aromatic rings. The molecule has 0 aliphatic carbocycles. The summed E-state index contributed by atoms with van der Waals surface area (Å²) in [5, 5.41) is 10.8. The smallest absolute Gasteiger partial charge is 0.191 e. The van der Waals surface area contributed by atoms with Crippen LogP contribution >= 0.6 is 0 Å². The number of rotatable bonds is 9. The molecule has 1 heterocycles. The summed E-state index contributed by atoms with van der Waals surface area (Å²) in [6.07, 6.45) is 0. The summed E-state index contributed by atoms with van der Waals surface area (Å²) < 4.78 is 5.44. The van der Waals surface area contributed by atoms with Gasteiger partial charge in [0.2, 0.25) is 0 Å². The SMILES string of the molecule is CCNC(=NCc1cc(-c2ccccc2)on1)NCCN(C(C)C)C(C)C. The Morgan fingerprint density at radius 3 is 2.44 bits per heavy atom. The van der Waals surface area contributed by atoms with E-state index in [1.54, 1.807) is 0 Å². The van der Waals surface area contributed by atoms with E-state index in [4.69, 9.17) is 4.52 Å². The topological polar surface area (TPSA) is 65.7 Å². The maximum atomic E-state index is 5.44. The molecular weight excluding hydrogens is 338 g/mol. The van der Waals surface area contributed by atoms with Gasteiger partial charge in [-0.3, -0.25) is 4.90 Å². The molecule has 2 N–H and O–H groups in total. The summed E-state index contributed by atoms with van der Waals surface area (Å²) in [5.74, 6) is 1.57. The highest BCUT2D eigenvalue weighted by Gasteiger charge is 2.12. The quantitative estimate of drug-likeness (QED) is 0.522. The van der Waals surface area contributed by atoms with Crippen LogP contribution in [0, 0.1) is 0 Å². The molecule has 148 valence electrons. The van der Waals surface area contributed by atoms with Crippen molar-refractivity contribution in [2.24, 2.45) is 4.99 Å². The summed E-state index contributed by atoms with van der Waals surface area (Å²) in [5.41, 5.74) is 1.84. The van der Waals surface area contributed by atoms with Crippen LogP contribution in [0.25, 0.3) is 11.3 Å². The molecule has 0 aliphatic rings. The first-order valence-electron chi connectivity index (χ1n) is 9.80. The van der Waals surface area contributed by atoms with Crippen LogP contribution in [0.15, 0.2) is 45.9 Å². The molecule has 2 rings (SSSR count). The van der Waals surface area contributed by atoms with Crippen LogP contribution in [0.5, 0.6) is 0 Å². The van der Waals surface area contributed by atoms with Crippen molar-refractivity contribution in [3.8, 4) is 11.3 Å². The number of benzene rings is 1. The van der Waals surface area contributed by atoms with Crippen molar-refractivity contribution < 1.29 is 4.52 Å². The monoisotopic (exact) mass is 371 g/mol. The number of hydrogen-bond donors (Lipinski definition) is 2. The van der Waals surface area contributed by atoms with Gasteiger partial charge in [-0.05, 0) is 34.6 Å². The summed E-state index contributed by atoms with van der Waals surface area (Å²) in [7, 11) is 0. The Morgan fingerprint density at radius 2 is 1.81 bits per heavy atom. The summed E-state index contributed by atoms with van der Waals surface area (Å²) in [6.45, 7) is 14.1. The van der Waals surface area contributed by atoms with E-state index in [2.05, 4.69) is 60.3 Å². The minimum absolute atomic E-state index is 0.476. The molecule has 0 unspecified atom stereocenters. The van der Waals surface area contributed by atoms with E-state index in [0.717, 1.165) is 42.6 Å². The zero-order valence-electron chi connectivity index (χ0n) is 17.2. The van der Waals surface area contributed by atoms with Crippen molar-refractivity contribution in [3.63, 3.8) is 0 Å². The van der Waals surface area contributed by atoms with Gasteiger partial charge in [-0.2, -0.15) is 0 Å². The van der Waals surface area contributed by atoms with Crippen LogP contribution in [-0.2, 0) is 6.54 Å². The standard InChI is InChI=1S/C21H33N5O/c1-6-22-21(23-12-13-26(16(2)3)17(4)5)24-15-19-14-20(27-25-19)18-10-8-7-9-11-18/h7-11,14,16-17H,6,12-13,15H2,1-5H3,(H2,22,23,24). The van der Waals surface area contributed by atoms with Crippen molar-refractivity contribution in [2.75, 3.05) is 19.6 Å². The average molecular weight is 372 g/mol. The molecule has 0 amide bonds. The minimum Gasteiger partial charge on any atom is -0.357 e. The molecule has 0 radical (unpaired) electrons. The largest absolute Gasteiger partial charge is 0.357 e. The third-order valence-corrected chi connectivity index (χ3v) is 4.35. The molecule has 6 heteroatoms. The van der Waals surface area contributed by atoms with E-state index in [1.807, 2.05) is 36.4 Å². The summed E-state index contributed by atoms with van der Waals surface area (Å²) >= 11 is 0. The number of nitrogens with one attached hydrogen (secondary N) is 2. The molecule has 0 atom stereocenters. The number of hydrogen-bond acceptors (Lipinski definition) is 4. The van der Waals surface area contributed by atoms with Crippen LogP contribution in [0.4, 0.5) is 0 Å². The van der Waals surface area contributed by atoms with E-state index in [9.17, 15) is 0 Å². The summed E-state index contributed by atoms with van der Waals surface area (Å²) in [4.78, 5) is 7.09. The highest BCUT2D eigenvalue weighted by atomic mass is 16.5. The Kier molecular flexibility index (Phi) is 8.33. The average Bonchev–Trinajstić information content (AvgIpc) is 3.12. The van der Waals surface area contributed by atoms with Gasteiger partial charge >= 0.3 is 0 Å². The first kappa shape index (κ1) is 21.0. The molecule has 0 saturated heterocycles. The Bertz CT molecular complexity index is 686. The predicted octanol–water partition coefficient (Wildman–Crippen LogP) is 3.52. The maximum absolute atomic E-state index is 5.44. The molecule has 1 aromatic heterocycles. The number of guanidine groups is 1. The van der Waals surface area contributed by atoms with Gasteiger partial charge in [0.05, 0.1) is 6.54 Å². The molecule has 0 spiro atoms. The number of aliphatic imine (C=N–C) groups is 1. The van der Waals surface area contributed by atoms with Crippen LogP contribution in [0.1, 0.15) is 40.3 Å². The zero-order chi connectivity index (χ0) is 19.6. The Hall–Kier alpha value is -2.34. The van der Waals surface area contributed by atoms with Crippen LogP contribution in [0.2, 0.25) is 0 Å². The normalized spacial score (nSPS) is 12.2. The molecule has 1 aromatic carbocycles. The molecule has 0 saturated carbocycles. The Morgan fingerprint density at radius 1 is 1.11 bits per heavy atom. The minimum atomic E-state index is 0.476. The van der Waals surface area contributed by atoms with E-state index < -0.39 is 0 Å². The molecule has 6 nitrogen and oxygen atoms in total.